The van der Waals surface area contributed by atoms with E-state index in [1.54, 1.807) is 30.3 Å². The Labute approximate surface area is 153 Å². The largest absolute Gasteiger partial charge is 0.489 e. The van der Waals surface area contributed by atoms with E-state index in [4.69, 9.17) is 17.0 Å². The van der Waals surface area contributed by atoms with Crippen molar-refractivity contribution in [1.82, 2.24) is 16.2 Å². The van der Waals surface area contributed by atoms with Crippen molar-refractivity contribution in [3.8, 4) is 5.75 Å². The molecule has 2 amide bonds. The Hall–Kier alpha value is -2.41. The molecule has 1 aromatic carbocycles. The summed E-state index contributed by atoms with van der Waals surface area (Å²) in [5.41, 5.74) is 5.39. The monoisotopic (exact) mass is 361 g/mol. The molecule has 0 unspecified atom stereocenters. The van der Waals surface area contributed by atoms with Gasteiger partial charge in [-0.25, -0.2) is 0 Å². The summed E-state index contributed by atoms with van der Waals surface area (Å²) in [6, 6.07) is 6.84. The van der Waals surface area contributed by atoms with Crippen LogP contribution < -0.4 is 20.9 Å². The van der Waals surface area contributed by atoms with Gasteiger partial charge in [0.1, 0.15) is 12.4 Å². The van der Waals surface area contributed by atoms with Gasteiger partial charge in [0.2, 0.25) is 5.91 Å². The van der Waals surface area contributed by atoms with E-state index >= 15 is 0 Å². The summed E-state index contributed by atoms with van der Waals surface area (Å²) in [5, 5.41) is 2.70. The van der Waals surface area contributed by atoms with Crippen molar-refractivity contribution in [3.63, 3.8) is 0 Å². The Morgan fingerprint density at radius 1 is 1.20 bits per heavy atom. The summed E-state index contributed by atoms with van der Waals surface area (Å²) in [6.07, 6.45) is 6.68. The molecule has 0 saturated heterocycles. The van der Waals surface area contributed by atoms with Crippen LogP contribution in [0.2, 0.25) is 0 Å². The average molecular weight is 361 g/mol. The fourth-order valence-electron chi connectivity index (χ4n) is 2.72. The van der Waals surface area contributed by atoms with Gasteiger partial charge in [-0.2, -0.15) is 0 Å². The Kier molecular flexibility index (Phi) is 7.40. The Bertz CT molecular complexity index is 642. The SMILES string of the molecule is C=CCOc1ccccc1C(=O)NNC(=S)NC(=O)C1CCCCC1. The van der Waals surface area contributed by atoms with Crippen LogP contribution in [0, 0.1) is 5.92 Å². The van der Waals surface area contributed by atoms with Crippen LogP contribution >= 0.6 is 12.2 Å². The van der Waals surface area contributed by atoms with E-state index in [1.807, 2.05) is 0 Å². The van der Waals surface area contributed by atoms with Gasteiger partial charge >= 0.3 is 0 Å². The van der Waals surface area contributed by atoms with Crippen molar-refractivity contribution in [1.29, 1.82) is 0 Å². The first kappa shape index (κ1) is 18.9. The minimum Gasteiger partial charge on any atom is -0.489 e. The average Bonchev–Trinajstić information content (AvgIpc) is 2.65. The third kappa shape index (κ3) is 5.86. The first-order valence-electron chi connectivity index (χ1n) is 8.35. The zero-order valence-corrected chi connectivity index (χ0v) is 14.9. The van der Waals surface area contributed by atoms with Crippen LogP contribution in [0.25, 0.3) is 0 Å². The molecule has 25 heavy (non-hydrogen) atoms. The van der Waals surface area contributed by atoms with Crippen LogP contribution in [0.4, 0.5) is 0 Å². The van der Waals surface area contributed by atoms with Gasteiger partial charge in [0.05, 0.1) is 5.56 Å². The fraction of sp³-hybridized carbons (Fsp3) is 0.389. The maximum Gasteiger partial charge on any atom is 0.273 e. The van der Waals surface area contributed by atoms with Gasteiger partial charge in [-0.1, -0.05) is 44.1 Å². The maximum atomic E-state index is 12.3. The number of hydrogen-bond donors (Lipinski definition) is 3. The molecule has 1 aliphatic carbocycles. The van der Waals surface area contributed by atoms with Gasteiger partial charge < -0.3 is 10.1 Å². The summed E-state index contributed by atoms with van der Waals surface area (Å²) >= 11 is 5.07. The van der Waals surface area contributed by atoms with Crippen molar-refractivity contribution >= 4 is 29.1 Å². The van der Waals surface area contributed by atoms with E-state index in [0.717, 1.165) is 25.7 Å². The van der Waals surface area contributed by atoms with E-state index in [1.165, 1.54) is 6.42 Å². The van der Waals surface area contributed by atoms with Crippen molar-refractivity contribution in [2.75, 3.05) is 6.61 Å². The third-order valence-electron chi connectivity index (χ3n) is 3.99. The van der Waals surface area contributed by atoms with Crippen LogP contribution in [-0.4, -0.2) is 23.5 Å². The Morgan fingerprint density at radius 3 is 2.64 bits per heavy atom. The first-order valence-corrected chi connectivity index (χ1v) is 8.76. The van der Waals surface area contributed by atoms with Crippen LogP contribution in [0.5, 0.6) is 5.75 Å². The van der Waals surface area contributed by atoms with E-state index in [9.17, 15) is 9.59 Å². The number of para-hydroxylation sites is 1. The molecule has 1 fully saturated rings. The lowest BCUT2D eigenvalue weighted by atomic mass is 9.89. The quantitative estimate of drug-likeness (QED) is 0.427. The predicted octanol–water partition coefficient (Wildman–Crippen LogP) is 2.47. The smallest absolute Gasteiger partial charge is 0.273 e. The molecule has 1 aromatic rings. The summed E-state index contributed by atoms with van der Waals surface area (Å²) in [5.74, 6) is -0.0637. The molecular formula is C18H23N3O3S. The number of hydrogen-bond acceptors (Lipinski definition) is 4. The number of carbonyl (C=O) groups is 2. The molecule has 3 N–H and O–H groups in total. The summed E-state index contributed by atoms with van der Waals surface area (Å²) in [7, 11) is 0. The first-order chi connectivity index (χ1) is 12.1. The van der Waals surface area contributed by atoms with E-state index < -0.39 is 5.91 Å². The molecule has 6 nitrogen and oxygen atoms in total. The lowest BCUT2D eigenvalue weighted by Crippen LogP contribution is -2.49. The zero-order valence-electron chi connectivity index (χ0n) is 14.0. The Morgan fingerprint density at radius 2 is 1.92 bits per heavy atom. The molecule has 134 valence electrons. The van der Waals surface area contributed by atoms with Crippen LogP contribution in [0.15, 0.2) is 36.9 Å². The molecular weight excluding hydrogens is 338 g/mol. The predicted molar refractivity (Wildman–Crippen MR) is 100 cm³/mol. The number of thiocarbonyl (C=S) groups is 1. The standard InChI is InChI=1S/C18H23N3O3S/c1-2-12-24-15-11-7-6-10-14(15)17(23)20-21-18(25)19-16(22)13-8-4-3-5-9-13/h2,6-7,10-11,13H,1,3-5,8-9,12H2,(H,20,23)(H2,19,21,22,25). The molecule has 0 aromatic heterocycles. The molecule has 2 rings (SSSR count). The molecule has 0 radical (unpaired) electrons. The van der Waals surface area contributed by atoms with Crippen molar-refractivity contribution in [3.05, 3.63) is 42.5 Å². The number of carbonyl (C=O) groups excluding carboxylic acids is 2. The van der Waals surface area contributed by atoms with E-state index in [-0.39, 0.29) is 16.9 Å². The number of rotatable bonds is 5. The minimum atomic E-state index is -0.408. The summed E-state index contributed by atoms with van der Waals surface area (Å²) < 4.78 is 5.45. The second-order valence-corrected chi connectivity index (χ2v) is 6.24. The van der Waals surface area contributed by atoms with Crippen molar-refractivity contribution in [2.45, 2.75) is 32.1 Å². The molecule has 1 saturated carbocycles. The molecule has 0 spiro atoms. The number of amides is 2. The number of ether oxygens (including phenoxy) is 1. The highest BCUT2D eigenvalue weighted by molar-refractivity contribution is 7.80. The van der Waals surface area contributed by atoms with Gasteiger partial charge in [0, 0.05) is 5.92 Å². The summed E-state index contributed by atoms with van der Waals surface area (Å²) in [4.78, 5) is 24.4. The second kappa shape index (κ2) is 9.78. The fourth-order valence-corrected chi connectivity index (χ4v) is 2.87. The maximum absolute atomic E-state index is 12.3. The lowest BCUT2D eigenvalue weighted by Gasteiger charge is -2.21. The number of hydrazine groups is 1. The van der Waals surface area contributed by atoms with Crippen LogP contribution in [0.3, 0.4) is 0 Å². The second-order valence-electron chi connectivity index (χ2n) is 5.83. The molecule has 7 heteroatoms. The van der Waals surface area contributed by atoms with Gasteiger partial charge in [-0.15, -0.1) is 0 Å². The van der Waals surface area contributed by atoms with Crippen LogP contribution in [-0.2, 0) is 4.79 Å². The highest BCUT2D eigenvalue weighted by Gasteiger charge is 2.21. The third-order valence-corrected chi connectivity index (χ3v) is 4.19. The molecule has 0 aliphatic heterocycles. The zero-order chi connectivity index (χ0) is 18.1. The van der Waals surface area contributed by atoms with Gasteiger partial charge in [-0.05, 0) is 37.2 Å². The van der Waals surface area contributed by atoms with Gasteiger partial charge in [0.25, 0.3) is 5.91 Å². The van der Waals surface area contributed by atoms with E-state index in [0.29, 0.717) is 17.9 Å². The van der Waals surface area contributed by atoms with Crippen molar-refractivity contribution < 1.29 is 14.3 Å². The number of benzene rings is 1. The molecule has 1 aliphatic rings. The normalized spacial score (nSPS) is 14.2. The topological polar surface area (TPSA) is 79.5 Å². The number of nitrogens with one attached hydrogen (secondary N) is 3. The molecule has 0 heterocycles. The van der Waals surface area contributed by atoms with Gasteiger partial charge in [-0.3, -0.25) is 20.4 Å². The Balaban J connectivity index is 1.84. The van der Waals surface area contributed by atoms with Crippen molar-refractivity contribution in [2.24, 2.45) is 5.92 Å². The summed E-state index contributed by atoms with van der Waals surface area (Å²) in [6.45, 7) is 3.88. The minimum absolute atomic E-state index is 0.00256. The highest BCUT2D eigenvalue weighted by atomic mass is 32.1. The van der Waals surface area contributed by atoms with E-state index in [2.05, 4.69) is 22.7 Å². The molecule has 0 atom stereocenters. The van der Waals surface area contributed by atoms with Gasteiger partial charge in [0.15, 0.2) is 5.11 Å². The molecule has 0 bridgehead atoms. The lowest BCUT2D eigenvalue weighted by molar-refractivity contribution is -0.124. The highest BCUT2D eigenvalue weighted by Crippen LogP contribution is 2.23. The van der Waals surface area contributed by atoms with Crippen LogP contribution in [0.1, 0.15) is 42.5 Å².